The summed E-state index contributed by atoms with van der Waals surface area (Å²) in [6.45, 7) is 8.63. The lowest BCUT2D eigenvalue weighted by Gasteiger charge is -2.60. The number of carbonyl (C=O) groups excluding carboxylic acids is 2. The van der Waals surface area contributed by atoms with Crippen molar-refractivity contribution < 1.29 is 23.8 Å². The van der Waals surface area contributed by atoms with Crippen LogP contribution in [0.3, 0.4) is 0 Å². The molecule has 5 heteroatoms. The number of hydrogen-bond donors (Lipinski definition) is 0. The van der Waals surface area contributed by atoms with E-state index in [1.807, 2.05) is 6.92 Å². The maximum atomic E-state index is 12.3. The monoisotopic (exact) mass is 364 g/mol. The second-order valence-corrected chi connectivity index (χ2v) is 9.05. The van der Waals surface area contributed by atoms with Crippen molar-refractivity contribution in [3.05, 3.63) is 12.2 Å². The third-order valence-electron chi connectivity index (χ3n) is 7.18. The molecule has 2 atom stereocenters. The topological polar surface area (TPSA) is 61.8 Å². The lowest BCUT2D eigenvalue weighted by Crippen LogP contribution is -2.56. The Morgan fingerprint density at radius 2 is 1.65 bits per heavy atom. The predicted octanol–water partition coefficient (Wildman–Crippen LogP) is 3.86. The maximum absolute atomic E-state index is 12.3. The van der Waals surface area contributed by atoms with Gasteiger partial charge in [0, 0.05) is 25.5 Å². The smallest absolute Gasteiger partial charge is 0.346 e. The normalized spacial score (nSPS) is 35.5. The summed E-state index contributed by atoms with van der Waals surface area (Å²) in [5, 5.41) is 0. The van der Waals surface area contributed by atoms with Gasteiger partial charge in [0.15, 0.2) is 6.61 Å². The van der Waals surface area contributed by atoms with E-state index in [0.29, 0.717) is 0 Å². The van der Waals surface area contributed by atoms with E-state index in [2.05, 4.69) is 13.5 Å². The maximum Gasteiger partial charge on any atom is 0.346 e. The zero-order valence-electron chi connectivity index (χ0n) is 16.5. The molecule has 0 radical (unpaired) electrons. The van der Waals surface area contributed by atoms with Crippen LogP contribution in [-0.4, -0.2) is 31.4 Å². The second-order valence-electron chi connectivity index (χ2n) is 9.05. The van der Waals surface area contributed by atoms with Gasteiger partial charge >= 0.3 is 11.9 Å². The molecule has 4 rings (SSSR count). The Bertz CT molecular complexity index is 560. The van der Waals surface area contributed by atoms with Gasteiger partial charge in [-0.15, -0.1) is 0 Å². The highest BCUT2D eigenvalue weighted by Crippen LogP contribution is 2.64. The molecular formula is C21H32O5. The zero-order chi connectivity index (χ0) is 19.1. The van der Waals surface area contributed by atoms with Crippen molar-refractivity contribution in [2.45, 2.75) is 65.1 Å². The van der Waals surface area contributed by atoms with Gasteiger partial charge in [-0.05, 0) is 68.6 Å². The SMILES string of the molecule is C=C(C)C(=O)OCC(=O)OC(C)(OC)C(C)C12CC3CC(CC(C3)C1)C2. The summed E-state index contributed by atoms with van der Waals surface area (Å²) < 4.78 is 16.3. The first-order chi connectivity index (χ1) is 12.2. The van der Waals surface area contributed by atoms with Crippen molar-refractivity contribution in [1.82, 2.24) is 0 Å². The summed E-state index contributed by atoms with van der Waals surface area (Å²) in [4.78, 5) is 23.8. The van der Waals surface area contributed by atoms with Crippen molar-refractivity contribution in [2.24, 2.45) is 29.1 Å². The minimum atomic E-state index is -1.02. The Hall–Kier alpha value is -1.36. The van der Waals surface area contributed by atoms with Gasteiger partial charge in [-0.25, -0.2) is 9.59 Å². The molecular weight excluding hydrogens is 332 g/mol. The van der Waals surface area contributed by atoms with Crippen LogP contribution in [0.4, 0.5) is 0 Å². The highest BCUT2D eigenvalue weighted by Gasteiger charge is 2.57. The van der Waals surface area contributed by atoms with Gasteiger partial charge in [-0.2, -0.15) is 0 Å². The molecule has 4 saturated carbocycles. The minimum Gasteiger partial charge on any atom is -0.450 e. The van der Waals surface area contributed by atoms with E-state index in [-0.39, 0.29) is 16.9 Å². The van der Waals surface area contributed by atoms with Crippen LogP contribution < -0.4 is 0 Å². The lowest BCUT2D eigenvalue weighted by molar-refractivity contribution is -0.266. The van der Waals surface area contributed by atoms with Gasteiger partial charge in [0.05, 0.1) is 0 Å². The molecule has 4 fully saturated rings. The molecule has 2 unspecified atom stereocenters. The fraction of sp³-hybridized carbons (Fsp3) is 0.810. The van der Waals surface area contributed by atoms with Crippen LogP contribution in [0.25, 0.3) is 0 Å². The van der Waals surface area contributed by atoms with Crippen LogP contribution in [0.2, 0.25) is 0 Å². The highest BCUT2D eigenvalue weighted by atomic mass is 16.7. The Balaban J connectivity index is 1.67. The molecule has 26 heavy (non-hydrogen) atoms. The molecule has 0 aromatic carbocycles. The molecule has 0 amide bonds. The van der Waals surface area contributed by atoms with Crippen molar-refractivity contribution in [3.8, 4) is 0 Å². The Morgan fingerprint density at radius 1 is 1.15 bits per heavy atom. The largest absolute Gasteiger partial charge is 0.450 e. The van der Waals surface area contributed by atoms with Crippen molar-refractivity contribution >= 4 is 11.9 Å². The first-order valence-electron chi connectivity index (χ1n) is 9.77. The Morgan fingerprint density at radius 3 is 2.08 bits per heavy atom. The Labute approximate surface area is 156 Å². The van der Waals surface area contributed by atoms with E-state index in [4.69, 9.17) is 14.2 Å². The molecule has 0 heterocycles. The fourth-order valence-corrected chi connectivity index (χ4v) is 6.07. The van der Waals surface area contributed by atoms with Crippen LogP contribution in [-0.2, 0) is 23.8 Å². The van der Waals surface area contributed by atoms with Gasteiger partial charge in [0.1, 0.15) is 0 Å². The molecule has 4 aliphatic carbocycles. The van der Waals surface area contributed by atoms with E-state index in [0.717, 1.165) is 17.8 Å². The third kappa shape index (κ3) is 3.55. The quantitative estimate of drug-likeness (QED) is 0.390. The molecule has 0 saturated heterocycles. The van der Waals surface area contributed by atoms with Crippen molar-refractivity contribution in [1.29, 1.82) is 0 Å². The van der Waals surface area contributed by atoms with Gasteiger partial charge in [-0.3, -0.25) is 0 Å². The van der Waals surface area contributed by atoms with E-state index in [9.17, 15) is 9.59 Å². The summed E-state index contributed by atoms with van der Waals surface area (Å²) in [7, 11) is 1.59. The summed E-state index contributed by atoms with van der Waals surface area (Å²) >= 11 is 0. The minimum absolute atomic E-state index is 0.0918. The van der Waals surface area contributed by atoms with Crippen LogP contribution in [0.1, 0.15) is 59.3 Å². The summed E-state index contributed by atoms with van der Waals surface area (Å²) in [6, 6.07) is 0. The molecule has 5 nitrogen and oxygen atoms in total. The van der Waals surface area contributed by atoms with Crippen LogP contribution >= 0.6 is 0 Å². The van der Waals surface area contributed by atoms with Crippen LogP contribution in [0.5, 0.6) is 0 Å². The van der Waals surface area contributed by atoms with E-state index < -0.39 is 24.3 Å². The molecule has 0 aliphatic heterocycles. The molecule has 4 aliphatic rings. The average Bonchev–Trinajstić information content (AvgIpc) is 2.57. The summed E-state index contributed by atoms with van der Waals surface area (Å²) in [5.41, 5.74) is 0.447. The zero-order valence-corrected chi connectivity index (χ0v) is 16.5. The van der Waals surface area contributed by atoms with E-state index >= 15 is 0 Å². The molecule has 0 spiro atoms. The van der Waals surface area contributed by atoms with Crippen LogP contribution in [0, 0.1) is 29.1 Å². The number of carbonyl (C=O) groups is 2. The number of hydrogen-bond acceptors (Lipinski definition) is 5. The second kappa shape index (κ2) is 6.99. The van der Waals surface area contributed by atoms with Crippen LogP contribution in [0.15, 0.2) is 12.2 Å². The number of rotatable bonds is 7. The van der Waals surface area contributed by atoms with Gasteiger partial charge in [0.2, 0.25) is 5.79 Å². The predicted molar refractivity (Wildman–Crippen MR) is 97.0 cm³/mol. The highest BCUT2D eigenvalue weighted by molar-refractivity contribution is 5.88. The molecule has 4 bridgehead atoms. The summed E-state index contributed by atoms with van der Waals surface area (Å²) in [6.07, 6.45) is 7.73. The standard InChI is InChI=1S/C21H32O5/c1-13(2)19(23)25-12-18(22)26-20(4,24-5)14(3)21-9-15-6-16(10-21)8-17(7-15)11-21/h14-17H,1,6-12H2,2-5H3. The number of methoxy groups -OCH3 is 1. The first kappa shape index (κ1) is 19.4. The van der Waals surface area contributed by atoms with Gasteiger partial charge in [-0.1, -0.05) is 13.5 Å². The Kier molecular flexibility index (Phi) is 5.22. The molecule has 146 valence electrons. The molecule has 0 aromatic heterocycles. The van der Waals surface area contributed by atoms with E-state index in [1.165, 1.54) is 38.5 Å². The van der Waals surface area contributed by atoms with Gasteiger partial charge in [0.25, 0.3) is 0 Å². The van der Waals surface area contributed by atoms with Crippen molar-refractivity contribution in [2.75, 3.05) is 13.7 Å². The number of esters is 2. The first-order valence-corrected chi connectivity index (χ1v) is 9.77. The third-order valence-corrected chi connectivity index (χ3v) is 7.18. The van der Waals surface area contributed by atoms with Crippen molar-refractivity contribution in [3.63, 3.8) is 0 Å². The van der Waals surface area contributed by atoms with E-state index in [1.54, 1.807) is 14.0 Å². The summed E-state index contributed by atoms with van der Waals surface area (Å²) in [5.74, 6) is 0.356. The average molecular weight is 364 g/mol. The number of ether oxygens (including phenoxy) is 3. The molecule has 0 aromatic rings. The lowest BCUT2D eigenvalue weighted by atomic mass is 9.46. The fourth-order valence-electron chi connectivity index (χ4n) is 6.07. The molecule has 0 N–H and O–H groups in total. The van der Waals surface area contributed by atoms with Gasteiger partial charge < -0.3 is 14.2 Å².